The summed E-state index contributed by atoms with van der Waals surface area (Å²) < 4.78 is 5.40. The molecule has 0 radical (unpaired) electrons. The van der Waals surface area contributed by atoms with E-state index in [9.17, 15) is 4.79 Å². The van der Waals surface area contributed by atoms with Crippen LogP contribution >= 0.6 is 22.7 Å². The van der Waals surface area contributed by atoms with E-state index in [-0.39, 0.29) is 5.91 Å². The third-order valence-electron chi connectivity index (χ3n) is 5.06. The first-order valence-corrected chi connectivity index (χ1v) is 10.9. The van der Waals surface area contributed by atoms with Crippen LogP contribution in [0.2, 0.25) is 0 Å². The predicted octanol–water partition coefficient (Wildman–Crippen LogP) is 4.75. The molecule has 1 aliphatic rings. The fourth-order valence-corrected chi connectivity index (χ4v) is 5.33. The maximum absolute atomic E-state index is 12.9. The number of carbonyl (C=O) groups is 1. The number of carbonyl (C=O) groups excluding carboxylic acids is 1. The highest BCUT2D eigenvalue weighted by Crippen LogP contribution is 2.37. The molecule has 0 aliphatic heterocycles. The Balaban J connectivity index is 1.43. The Hall–Kier alpha value is -2.97. The van der Waals surface area contributed by atoms with Gasteiger partial charge in [0.15, 0.2) is 5.13 Å². The van der Waals surface area contributed by atoms with Crippen LogP contribution in [0.15, 0.2) is 35.7 Å². The molecule has 0 fully saturated rings. The molecule has 0 unspecified atom stereocenters. The molecule has 3 heterocycles. The van der Waals surface area contributed by atoms with Gasteiger partial charge in [0.25, 0.3) is 5.91 Å². The second kappa shape index (κ2) is 7.13. The zero-order valence-electron chi connectivity index (χ0n) is 15.7. The lowest BCUT2D eigenvalue weighted by Gasteiger charge is -2.05. The molecular weight excluding hydrogens is 404 g/mol. The third kappa shape index (κ3) is 3.14. The molecule has 146 valence electrons. The van der Waals surface area contributed by atoms with Crippen molar-refractivity contribution in [1.82, 2.24) is 9.97 Å². The molecule has 1 aromatic carbocycles. The Kier molecular flexibility index (Phi) is 4.44. The number of fused-ring (bicyclic) bond motifs is 2. The zero-order chi connectivity index (χ0) is 20.0. The van der Waals surface area contributed by atoms with Gasteiger partial charge in [0.1, 0.15) is 15.5 Å². The van der Waals surface area contributed by atoms with Gasteiger partial charge in [0.2, 0.25) is 0 Å². The summed E-state index contributed by atoms with van der Waals surface area (Å²) in [7, 11) is 1.63. The highest BCUT2D eigenvalue weighted by atomic mass is 32.1. The number of nitrogens with zero attached hydrogens (tertiary/aromatic N) is 2. The Morgan fingerprint density at radius 1 is 1.24 bits per heavy atom. The van der Waals surface area contributed by atoms with Crippen molar-refractivity contribution in [2.24, 2.45) is 0 Å². The van der Waals surface area contributed by atoms with Crippen LogP contribution in [-0.2, 0) is 12.8 Å². The van der Waals surface area contributed by atoms with Gasteiger partial charge in [-0.25, -0.2) is 9.97 Å². The second-order valence-electron chi connectivity index (χ2n) is 6.84. The van der Waals surface area contributed by atoms with Gasteiger partial charge in [-0.2, -0.15) is 0 Å². The first-order chi connectivity index (χ1) is 14.1. The van der Waals surface area contributed by atoms with E-state index >= 15 is 0 Å². The number of hydrogen-bond donors (Lipinski definition) is 2. The van der Waals surface area contributed by atoms with E-state index in [1.807, 2.05) is 29.6 Å². The van der Waals surface area contributed by atoms with Crippen LogP contribution in [0.5, 0.6) is 5.75 Å². The number of methoxy groups -OCH3 is 1. The van der Waals surface area contributed by atoms with E-state index in [1.165, 1.54) is 28.2 Å². The van der Waals surface area contributed by atoms with E-state index in [0.717, 1.165) is 52.2 Å². The molecule has 3 N–H and O–H groups in total. The maximum Gasteiger partial charge on any atom is 0.269 e. The normalized spacial score (nSPS) is 12.9. The van der Waals surface area contributed by atoms with Gasteiger partial charge >= 0.3 is 0 Å². The van der Waals surface area contributed by atoms with Crippen LogP contribution in [0.3, 0.4) is 0 Å². The number of para-hydroxylation sites is 1. The third-order valence-corrected chi connectivity index (χ3v) is 6.93. The van der Waals surface area contributed by atoms with E-state index in [4.69, 9.17) is 15.5 Å². The molecule has 8 heteroatoms. The number of nitrogen functional groups attached to an aromatic ring is 1. The Morgan fingerprint density at radius 3 is 2.97 bits per heavy atom. The van der Waals surface area contributed by atoms with Crippen LogP contribution in [0, 0.1) is 0 Å². The first kappa shape index (κ1) is 18.1. The van der Waals surface area contributed by atoms with Gasteiger partial charge in [0, 0.05) is 22.0 Å². The number of hydrogen-bond acceptors (Lipinski definition) is 7. The van der Waals surface area contributed by atoms with E-state index < -0.39 is 0 Å². The van der Waals surface area contributed by atoms with Gasteiger partial charge in [-0.3, -0.25) is 10.1 Å². The second-order valence-corrected chi connectivity index (χ2v) is 8.69. The van der Waals surface area contributed by atoms with Gasteiger partial charge < -0.3 is 10.5 Å². The summed E-state index contributed by atoms with van der Waals surface area (Å²) >= 11 is 2.70. The number of thiophene rings is 1. The minimum Gasteiger partial charge on any atom is -0.496 e. The zero-order valence-corrected chi connectivity index (χ0v) is 17.3. The number of amides is 1. The van der Waals surface area contributed by atoms with Gasteiger partial charge in [-0.15, -0.1) is 22.7 Å². The number of thiazole rings is 1. The predicted molar refractivity (Wildman–Crippen MR) is 118 cm³/mol. The molecule has 1 amide bonds. The minimum absolute atomic E-state index is 0.258. The van der Waals surface area contributed by atoms with Crippen molar-refractivity contribution < 1.29 is 9.53 Å². The lowest BCUT2D eigenvalue weighted by atomic mass is 10.1. The van der Waals surface area contributed by atoms with E-state index in [2.05, 4.69) is 16.4 Å². The Bertz CT molecular complexity index is 1240. The fraction of sp³-hybridized carbons (Fsp3) is 0.190. The summed E-state index contributed by atoms with van der Waals surface area (Å²) in [4.78, 5) is 23.4. The molecule has 0 bridgehead atoms. The SMILES string of the molecule is COc1ccccc1-c1csc(NC(=O)c2sc3nc4c(cc3c2N)CCC4)n1. The average Bonchev–Trinajstić information content (AvgIpc) is 3.45. The number of pyridine rings is 1. The smallest absolute Gasteiger partial charge is 0.269 e. The largest absolute Gasteiger partial charge is 0.496 e. The molecule has 6 nitrogen and oxygen atoms in total. The highest BCUT2D eigenvalue weighted by Gasteiger charge is 2.22. The molecule has 5 rings (SSSR count). The maximum atomic E-state index is 12.9. The van der Waals surface area contributed by atoms with E-state index in [0.29, 0.717) is 15.7 Å². The summed E-state index contributed by atoms with van der Waals surface area (Å²) in [6.07, 6.45) is 3.15. The molecule has 3 aromatic heterocycles. The Morgan fingerprint density at radius 2 is 2.10 bits per heavy atom. The lowest BCUT2D eigenvalue weighted by Crippen LogP contribution is -2.11. The summed E-state index contributed by atoms with van der Waals surface area (Å²) in [5.74, 6) is 0.482. The standard InChI is InChI=1S/C21H18N4O2S2/c1-27-16-8-3-2-6-12(16)15-10-28-21(24-15)25-19(26)18-17(22)13-9-11-5-4-7-14(11)23-20(13)29-18/h2-3,6,8-10H,4-5,7,22H2,1H3,(H,24,25,26). The molecule has 0 atom stereocenters. The number of aryl methyl sites for hydroxylation is 2. The number of ether oxygens (including phenoxy) is 1. The van der Waals surface area contributed by atoms with Gasteiger partial charge in [0.05, 0.1) is 18.5 Å². The molecular formula is C21H18N4O2S2. The quantitative estimate of drug-likeness (QED) is 0.495. The minimum atomic E-state index is -0.258. The van der Waals surface area contributed by atoms with Crippen molar-refractivity contribution >= 4 is 49.6 Å². The van der Waals surface area contributed by atoms with E-state index in [1.54, 1.807) is 7.11 Å². The number of anilines is 2. The average molecular weight is 423 g/mol. The summed E-state index contributed by atoms with van der Waals surface area (Å²) in [5.41, 5.74) is 10.8. The fourth-order valence-electron chi connectivity index (χ4n) is 3.63. The van der Waals surface area contributed by atoms with Crippen LogP contribution in [-0.4, -0.2) is 23.0 Å². The van der Waals surface area contributed by atoms with Gasteiger partial charge in [-0.05, 0) is 43.0 Å². The summed E-state index contributed by atoms with van der Waals surface area (Å²) in [6, 6.07) is 9.75. The van der Waals surface area contributed by atoms with Crippen molar-refractivity contribution in [3.63, 3.8) is 0 Å². The van der Waals surface area contributed by atoms with Crippen molar-refractivity contribution in [2.75, 3.05) is 18.2 Å². The van der Waals surface area contributed by atoms with Crippen molar-refractivity contribution in [3.8, 4) is 17.0 Å². The van der Waals surface area contributed by atoms with Crippen LogP contribution in [0.25, 0.3) is 21.5 Å². The Labute approximate surface area is 175 Å². The molecule has 29 heavy (non-hydrogen) atoms. The number of nitrogens with one attached hydrogen (secondary N) is 1. The van der Waals surface area contributed by atoms with Crippen molar-refractivity contribution in [2.45, 2.75) is 19.3 Å². The molecule has 0 spiro atoms. The van der Waals surface area contributed by atoms with Crippen molar-refractivity contribution in [1.29, 1.82) is 0 Å². The number of aromatic nitrogens is 2. The molecule has 1 aliphatic carbocycles. The highest BCUT2D eigenvalue weighted by molar-refractivity contribution is 7.21. The monoisotopic (exact) mass is 422 g/mol. The number of benzene rings is 1. The van der Waals surface area contributed by atoms with Crippen LogP contribution in [0.4, 0.5) is 10.8 Å². The molecule has 0 saturated carbocycles. The summed E-state index contributed by atoms with van der Waals surface area (Å²) in [6.45, 7) is 0. The first-order valence-electron chi connectivity index (χ1n) is 9.25. The summed E-state index contributed by atoms with van der Waals surface area (Å²) in [5, 5.41) is 6.16. The van der Waals surface area contributed by atoms with Crippen molar-refractivity contribution in [3.05, 3.63) is 51.8 Å². The molecule has 4 aromatic rings. The molecule has 0 saturated heterocycles. The van der Waals surface area contributed by atoms with Crippen LogP contribution < -0.4 is 15.8 Å². The van der Waals surface area contributed by atoms with Gasteiger partial charge in [-0.1, -0.05) is 12.1 Å². The van der Waals surface area contributed by atoms with Crippen LogP contribution in [0.1, 0.15) is 27.3 Å². The lowest BCUT2D eigenvalue weighted by molar-refractivity contribution is 0.103. The topological polar surface area (TPSA) is 90.1 Å². The number of rotatable bonds is 4. The number of nitrogens with two attached hydrogens (primary N) is 1.